The fraction of sp³-hybridized carbons (Fsp3) is 0.304. The Kier molecular flexibility index (Phi) is 3.91. The number of aromatic nitrogens is 1. The van der Waals surface area contributed by atoms with Crippen molar-refractivity contribution in [1.29, 1.82) is 0 Å². The minimum atomic E-state index is -0.357. The lowest BCUT2D eigenvalue weighted by Gasteiger charge is -2.17. The average molecular weight is 389 g/mol. The van der Waals surface area contributed by atoms with Gasteiger partial charge in [-0.2, -0.15) is 0 Å². The highest BCUT2D eigenvalue weighted by molar-refractivity contribution is 6.11. The van der Waals surface area contributed by atoms with Crippen LogP contribution in [0.1, 0.15) is 38.0 Å². The lowest BCUT2D eigenvalue weighted by molar-refractivity contribution is -0.139. The van der Waals surface area contributed by atoms with Gasteiger partial charge in [0.05, 0.1) is 29.8 Å². The van der Waals surface area contributed by atoms with Crippen molar-refractivity contribution < 1.29 is 14.0 Å². The van der Waals surface area contributed by atoms with E-state index < -0.39 is 0 Å². The van der Waals surface area contributed by atoms with E-state index in [0.29, 0.717) is 17.3 Å². The SMILES string of the molecule is CC(=O)N1CC2=C(C1=O)[C@H](c1ccco1)c1cn(CC(C)C)c3cccc(c13)N2. The molecule has 2 aliphatic rings. The van der Waals surface area contributed by atoms with Gasteiger partial charge in [-0.25, -0.2) is 0 Å². The van der Waals surface area contributed by atoms with E-state index in [9.17, 15) is 9.59 Å². The van der Waals surface area contributed by atoms with Gasteiger partial charge in [0, 0.05) is 36.4 Å². The summed E-state index contributed by atoms with van der Waals surface area (Å²) in [5, 5.41) is 4.57. The number of nitrogens with zero attached hydrogens (tertiary/aromatic N) is 2. The highest BCUT2D eigenvalue weighted by Gasteiger charge is 2.42. The number of hydrogen-bond acceptors (Lipinski definition) is 4. The maximum atomic E-state index is 13.3. The summed E-state index contributed by atoms with van der Waals surface area (Å²) in [6.07, 6.45) is 3.77. The minimum Gasteiger partial charge on any atom is -0.468 e. The summed E-state index contributed by atoms with van der Waals surface area (Å²) in [5.74, 6) is 0.330. The molecular weight excluding hydrogens is 366 g/mol. The van der Waals surface area contributed by atoms with Crippen LogP contribution < -0.4 is 5.32 Å². The molecule has 29 heavy (non-hydrogen) atoms. The molecule has 0 saturated heterocycles. The molecule has 6 nitrogen and oxygen atoms in total. The van der Waals surface area contributed by atoms with E-state index in [1.165, 1.54) is 11.8 Å². The highest BCUT2D eigenvalue weighted by Crippen LogP contribution is 2.46. The predicted octanol–water partition coefficient (Wildman–Crippen LogP) is 4.09. The van der Waals surface area contributed by atoms with Crippen molar-refractivity contribution in [3.8, 4) is 0 Å². The van der Waals surface area contributed by atoms with Crippen LogP contribution in [0.3, 0.4) is 0 Å². The Morgan fingerprint density at radius 1 is 1.28 bits per heavy atom. The van der Waals surface area contributed by atoms with Gasteiger partial charge in [-0.05, 0) is 35.7 Å². The summed E-state index contributed by atoms with van der Waals surface area (Å²) in [4.78, 5) is 26.6. The number of carbonyl (C=O) groups is 2. The first-order valence-electron chi connectivity index (χ1n) is 9.93. The number of nitrogens with one attached hydrogen (secondary N) is 1. The molecule has 3 aromatic rings. The van der Waals surface area contributed by atoms with E-state index in [1.54, 1.807) is 6.26 Å². The summed E-state index contributed by atoms with van der Waals surface area (Å²) in [6.45, 7) is 6.94. The van der Waals surface area contributed by atoms with Gasteiger partial charge in [0.2, 0.25) is 5.91 Å². The van der Waals surface area contributed by atoms with Gasteiger partial charge in [-0.15, -0.1) is 0 Å². The maximum Gasteiger partial charge on any atom is 0.259 e. The van der Waals surface area contributed by atoms with Crippen molar-refractivity contribution >= 4 is 28.4 Å². The molecule has 0 unspecified atom stereocenters. The first kappa shape index (κ1) is 17.8. The largest absolute Gasteiger partial charge is 0.468 e. The molecule has 0 spiro atoms. The van der Waals surface area contributed by atoms with E-state index >= 15 is 0 Å². The summed E-state index contributed by atoms with van der Waals surface area (Å²) < 4.78 is 8.04. The number of hydrogen-bond donors (Lipinski definition) is 1. The number of furan rings is 1. The van der Waals surface area contributed by atoms with Crippen LogP contribution in [0.5, 0.6) is 0 Å². The number of anilines is 1. The molecule has 1 aromatic carbocycles. The molecule has 4 heterocycles. The Bertz CT molecular complexity index is 1170. The van der Waals surface area contributed by atoms with Crippen LogP contribution in [0.2, 0.25) is 0 Å². The smallest absolute Gasteiger partial charge is 0.259 e. The molecule has 0 fully saturated rings. The van der Waals surface area contributed by atoms with Gasteiger partial charge in [0.25, 0.3) is 5.91 Å². The molecule has 0 aliphatic carbocycles. The minimum absolute atomic E-state index is 0.251. The van der Waals surface area contributed by atoms with Crippen LogP contribution in [0.15, 0.2) is 58.5 Å². The summed E-state index contributed by atoms with van der Waals surface area (Å²) in [7, 11) is 0. The van der Waals surface area contributed by atoms with Crippen LogP contribution in [-0.4, -0.2) is 27.8 Å². The van der Waals surface area contributed by atoms with Crippen molar-refractivity contribution in [3.63, 3.8) is 0 Å². The van der Waals surface area contributed by atoms with Gasteiger partial charge >= 0.3 is 0 Å². The topological polar surface area (TPSA) is 67.5 Å². The maximum absolute atomic E-state index is 13.3. The molecule has 0 bridgehead atoms. The van der Waals surface area contributed by atoms with Crippen molar-refractivity contribution in [2.75, 3.05) is 11.9 Å². The highest BCUT2D eigenvalue weighted by atomic mass is 16.3. The molecule has 2 amide bonds. The van der Waals surface area contributed by atoms with Crippen LogP contribution in [-0.2, 0) is 16.1 Å². The molecule has 1 atom stereocenters. The molecule has 2 aromatic heterocycles. The number of imide groups is 1. The monoisotopic (exact) mass is 389 g/mol. The third-order valence-corrected chi connectivity index (χ3v) is 5.71. The zero-order valence-electron chi connectivity index (χ0n) is 16.7. The van der Waals surface area contributed by atoms with Crippen molar-refractivity contribution in [2.24, 2.45) is 5.92 Å². The van der Waals surface area contributed by atoms with Crippen LogP contribution in [0, 0.1) is 5.92 Å². The van der Waals surface area contributed by atoms with Crippen molar-refractivity contribution in [1.82, 2.24) is 9.47 Å². The van der Waals surface area contributed by atoms with Crippen LogP contribution >= 0.6 is 0 Å². The first-order valence-corrected chi connectivity index (χ1v) is 9.93. The third kappa shape index (κ3) is 2.63. The van der Waals surface area contributed by atoms with Gasteiger partial charge in [0.1, 0.15) is 5.76 Å². The summed E-state index contributed by atoms with van der Waals surface area (Å²) in [6, 6.07) is 9.91. The Morgan fingerprint density at radius 2 is 2.10 bits per heavy atom. The Hall–Kier alpha value is -3.28. The van der Waals surface area contributed by atoms with Crippen molar-refractivity contribution in [2.45, 2.75) is 33.2 Å². The molecule has 6 heteroatoms. The fourth-order valence-electron chi connectivity index (χ4n) is 4.57. The van der Waals surface area contributed by atoms with E-state index in [4.69, 9.17) is 4.42 Å². The third-order valence-electron chi connectivity index (χ3n) is 5.71. The summed E-state index contributed by atoms with van der Waals surface area (Å²) >= 11 is 0. The van der Waals surface area contributed by atoms with Crippen LogP contribution in [0.4, 0.5) is 5.69 Å². The quantitative estimate of drug-likeness (QED) is 0.733. The van der Waals surface area contributed by atoms with Gasteiger partial charge in [-0.3, -0.25) is 14.5 Å². The molecule has 1 N–H and O–H groups in total. The molecule has 0 radical (unpaired) electrons. The van der Waals surface area contributed by atoms with E-state index in [1.807, 2.05) is 24.3 Å². The molecular formula is C23H23N3O3. The molecule has 148 valence electrons. The summed E-state index contributed by atoms with van der Waals surface area (Å²) in [5.41, 5.74) is 4.48. The van der Waals surface area contributed by atoms with Gasteiger partial charge in [-0.1, -0.05) is 19.9 Å². The van der Waals surface area contributed by atoms with Crippen LogP contribution in [0.25, 0.3) is 10.9 Å². The first-order chi connectivity index (χ1) is 14.0. The standard InChI is InChI=1S/C23H23N3O3/c1-13(2)10-25-11-15-20-16(6-4-7-18(20)25)24-17-12-26(14(3)27)23(28)22(17)21(15)19-8-5-9-29-19/h4-9,11,13,21,24H,10,12H2,1-3H3/t21-/m0/s1. The van der Waals surface area contributed by atoms with Gasteiger partial charge < -0.3 is 14.3 Å². The Balaban J connectivity index is 1.78. The Morgan fingerprint density at radius 3 is 2.79 bits per heavy atom. The second kappa shape index (κ2) is 6.37. The predicted molar refractivity (Wildman–Crippen MR) is 110 cm³/mol. The average Bonchev–Trinajstić information content (AvgIpc) is 3.36. The van der Waals surface area contributed by atoms with E-state index in [-0.39, 0.29) is 24.3 Å². The number of benzene rings is 1. The number of rotatable bonds is 3. The second-order valence-electron chi connectivity index (χ2n) is 8.21. The lowest BCUT2D eigenvalue weighted by atomic mass is 9.88. The van der Waals surface area contributed by atoms with E-state index in [2.05, 4.69) is 36.0 Å². The number of amides is 2. The lowest BCUT2D eigenvalue weighted by Crippen LogP contribution is -2.33. The normalized spacial score (nSPS) is 18.4. The fourth-order valence-corrected chi connectivity index (χ4v) is 4.57. The van der Waals surface area contributed by atoms with Crippen molar-refractivity contribution in [3.05, 3.63) is 65.4 Å². The second-order valence-corrected chi connectivity index (χ2v) is 8.21. The number of carbonyl (C=O) groups excluding carboxylic acids is 2. The Labute approximate surface area is 168 Å². The van der Waals surface area contributed by atoms with Gasteiger partial charge in [0.15, 0.2) is 0 Å². The molecule has 2 aliphatic heterocycles. The zero-order chi connectivity index (χ0) is 20.3. The zero-order valence-corrected chi connectivity index (χ0v) is 16.7. The molecule has 0 saturated carbocycles. The molecule has 5 rings (SSSR count). The van der Waals surface area contributed by atoms with E-state index in [0.717, 1.165) is 34.4 Å².